The summed E-state index contributed by atoms with van der Waals surface area (Å²) in [6.45, 7) is 3.74. The molecular formula is C14H18BrFN2O3. The molecule has 0 saturated heterocycles. The minimum Gasteiger partial charge on any atom is -0.481 e. The van der Waals surface area contributed by atoms with Crippen LogP contribution in [0, 0.1) is 18.7 Å². The monoisotopic (exact) mass is 360 g/mol. The molecule has 1 rings (SSSR count). The topological polar surface area (TPSA) is 78.4 Å². The molecule has 1 aromatic carbocycles. The van der Waals surface area contributed by atoms with Gasteiger partial charge in [0, 0.05) is 12.2 Å². The Morgan fingerprint density at radius 1 is 1.43 bits per heavy atom. The van der Waals surface area contributed by atoms with Crippen LogP contribution in [0.5, 0.6) is 0 Å². The number of carboxylic acids is 1. The van der Waals surface area contributed by atoms with Crippen molar-refractivity contribution in [2.75, 3.05) is 11.9 Å². The third-order valence-corrected chi connectivity index (χ3v) is 3.64. The molecule has 21 heavy (non-hydrogen) atoms. The van der Waals surface area contributed by atoms with Crippen LogP contribution in [0.15, 0.2) is 16.6 Å². The van der Waals surface area contributed by atoms with Crippen LogP contribution in [0.25, 0.3) is 0 Å². The number of aryl methyl sites for hydroxylation is 1. The summed E-state index contributed by atoms with van der Waals surface area (Å²) in [5.41, 5.74) is 1.13. The minimum absolute atomic E-state index is 0.341. The summed E-state index contributed by atoms with van der Waals surface area (Å²) in [6.07, 6.45) is 1.05. The predicted octanol–water partition coefficient (Wildman–Crippen LogP) is 3.52. The fraction of sp³-hybridized carbons (Fsp3) is 0.429. The molecule has 2 amide bonds. The van der Waals surface area contributed by atoms with Gasteiger partial charge >= 0.3 is 12.0 Å². The maximum absolute atomic E-state index is 13.4. The second-order valence-electron chi connectivity index (χ2n) is 4.84. The molecule has 0 heterocycles. The van der Waals surface area contributed by atoms with Gasteiger partial charge in [-0.05, 0) is 53.4 Å². The lowest BCUT2D eigenvalue weighted by Crippen LogP contribution is -2.30. The molecular weight excluding hydrogens is 343 g/mol. The van der Waals surface area contributed by atoms with Crippen molar-refractivity contribution in [3.05, 3.63) is 28.0 Å². The third kappa shape index (κ3) is 5.71. The van der Waals surface area contributed by atoms with Crippen LogP contribution in [0.3, 0.4) is 0 Å². The predicted molar refractivity (Wildman–Crippen MR) is 81.9 cm³/mol. The molecule has 3 N–H and O–H groups in total. The Labute approximate surface area is 131 Å². The molecule has 0 bridgehead atoms. The highest BCUT2D eigenvalue weighted by molar-refractivity contribution is 9.10. The minimum atomic E-state index is -0.847. The Balaban J connectivity index is 2.41. The first-order valence-corrected chi connectivity index (χ1v) is 7.34. The number of rotatable bonds is 6. The van der Waals surface area contributed by atoms with E-state index in [9.17, 15) is 14.0 Å². The Kier molecular flexibility index (Phi) is 6.61. The highest BCUT2D eigenvalue weighted by Gasteiger charge is 2.11. The number of carboxylic acid groups (broad SMARTS) is 1. The lowest BCUT2D eigenvalue weighted by Gasteiger charge is -2.11. The van der Waals surface area contributed by atoms with Crippen LogP contribution in [0.1, 0.15) is 25.3 Å². The van der Waals surface area contributed by atoms with Crippen LogP contribution in [-0.4, -0.2) is 23.7 Å². The second-order valence-corrected chi connectivity index (χ2v) is 5.70. The van der Waals surface area contributed by atoms with Crippen molar-refractivity contribution in [2.24, 2.45) is 5.92 Å². The summed E-state index contributed by atoms with van der Waals surface area (Å²) in [6, 6.07) is 2.38. The van der Waals surface area contributed by atoms with E-state index >= 15 is 0 Å². The molecule has 116 valence electrons. The van der Waals surface area contributed by atoms with Gasteiger partial charge < -0.3 is 15.7 Å². The molecule has 5 nitrogen and oxygen atoms in total. The highest BCUT2D eigenvalue weighted by atomic mass is 79.9. The molecule has 0 saturated carbocycles. The Bertz CT molecular complexity index is 537. The number of nitrogens with one attached hydrogen (secondary N) is 2. The molecule has 0 aromatic heterocycles. The molecule has 0 aliphatic heterocycles. The van der Waals surface area contributed by atoms with Crippen molar-refractivity contribution in [3.63, 3.8) is 0 Å². The van der Waals surface area contributed by atoms with Gasteiger partial charge in [-0.25, -0.2) is 9.18 Å². The summed E-state index contributed by atoms with van der Waals surface area (Å²) >= 11 is 3.07. The number of hydrogen-bond acceptors (Lipinski definition) is 2. The van der Waals surface area contributed by atoms with Gasteiger partial charge in [0.25, 0.3) is 0 Å². The normalized spacial score (nSPS) is 11.8. The molecule has 0 radical (unpaired) electrons. The average Bonchev–Trinajstić information content (AvgIpc) is 2.40. The molecule has 0 aliphatic rings. The van der Waals surface area contributed by atoms with Crippen molar-refractivity contribution in [1.29, 1.82) is 0 Å². The van der Waals surface area contributed by atoms with Gasteiger partial charge in [-0.2, -0.15) is 0 Å². The van der Waals surface area contributed by atoms with Crippen molar-refractivity contribution in [1.82, 2.24) is 5.32 Å². The Hall–Kier alpha value is -1.63. The number of anilines is 1. The van der Waals surface area contributed by atoms with Gasteiger partial charge in [0.05, 0.1) is 10.4 Å². The third-order valence-electron chi connectivity index (χ3n) is 3.04. The molecule has 0 fully saturated rings. The van der Waals surface area contributed by atoms with Crippen molar-refractivity contribution < 1.29 is 19.1 Å². The standard InChI is InChI=1S/C14H18BrFN2O3/c1-8(13(19)20)4-3-5-17-14(21)18-12-7-11(16)10(15)6-9(12)2/h6-8H,3-5H2,1-2H3,(H,19,20)(H2,17,18,21). The highest BCUT2D eigenvalue weighted by Crippen LogP contribution is 2.23. The van der Waals surface area contributed by atoms with Gasteiger partial charge in [0.15, 0.2) is 0 Å². The summed E-state index contributed by atoms with van der Waals surface area (Å²) in [5, 5.41) is 13.9. The molecule has 1 aromatic rings. The number of amides is 2. The van der Waals surface area contributed by atoms with E-state index in [-0.39, 0.29) is 0 Å². The van der Waals surface area contributed by atoms with Crippen LogP contribution in [-0.2, 0) is 4.79 Å². The molecule has 1 atom stereocenters. The van der Waals surface area contributed by atoms with E-state index in [1.807, 2.05) is 0 Å². The molecule has 0 spiro atoms. The quantitative estimate of drug-likeness (QED) is 0.679. The van der Waals surface area contributed by atoms with E-state index in [0.717, 1.165) is 5.56 Å². The van der Waals surface area contributed by atoms with Crippen molar-refractivity contribution in [2.45, 2.75) is 26.7 Å². The summed E-state index contributed by atoms with van der Waals surface area (Å²) < 4.78 is 13.7. The zero-order valence-corrected chi connectivity index (χ0v) is 13.5. The number of carbonyl (C=O) groups is 2. The van der Waals surface area contributed by atoms with E-state index in [1.165, 1.54) is 6.07 Å². The second kappa shape index (κ2) is 7.97. The number of hydrogen-bond donors (Lipinski definition) is 3. The fourth-order valence-electron chi connectivity index (χ4n) is 1.68. The van der Waals surface area contributed by atoms with Gasteiger partial charge in [-0.3, -0.25) is 4.79 Å². The fourth-order valence-corrected chi connectivity index (χ4v) is 2.14. The van der Waals surface area contributed by atoms with Gasteiger partial charge in [0.2, 0.25) is 0 Å². The van der Waals surface area contributed by atoms with E-state index in [4.69, 9.17) is 5.11 Å². The molecule has 7 heteroatoms. The molecule has 0 aliphatic carbocycles. The lowest BCUT2D eigenvalue weighted by molar-refractivity contribution is -0.141. The van der Waals surface area contributed by atoms with Crippen molar-refractivity contribution in [3.8, 4) is 0 Å². The van der Waals surface area contributed by atoms with Gasteiger partial charge in [-0.15, -0.1) is 0 Å². The number of aliphatic carboxylic acids is 1. The zero-order chi connectivity index (χ0) is 16.0. The van der Waals surface area contributed by atoms with Gasteiger partial charge in [0.1, 0.15) is 5.82 Å². The Morgan fingerprint density at radius 3 is 2.71 bits per heavy atom. The number of halogens is 2. The first kappa shape index (κ1) is 17.4. The smallest absolute Gasteiger partial charge is 0.319 e. The summed E-state index contributed by atoms with van der Waals surface area (Å²) in [4.78, 5) is 22.3. The first-order valence-electron chi connectivity index (χ1n) is 6.54. The van der Waals surface area contributed by atoms with Crippen LogP contribution < -0.4 is 10.6 Å². The summed E-state index contributed by atoms with van der Waals surface area (Å²) in [7, 11) is 0. The zero-order valence-electron chi connectivity index (χ0n) is 11.9. The van der Waals surface area contributed by atoms with E-state index in [2.05, 4.69) is 26.6 Å². The van der Waals surface area contributed by atoms with Crippen LogP contribution in [0.2, 0.25) is 0 Å². The van der Waals surface area contributed by atoms with E-state index in [1.54, 1.807) is 19.9 Å². The van der Waals surface area contributed by atoms with Crippen molar-refractivity contribution >= 4 is 33.6 Å². The average molecular weight is 361 g/mol. The lowest BCUT2D eigenvalue weighted by atomic mass is 10.1. The van der Waals surface area contributed by atoms with E-state index in [0.29, 0.717) is 29.5 Å². The summed E-state index contributed by atoms with van der Waals surface area (Å²) in [5.74, 6) is -1.73. The SMILES string of the molecule is Cc1cc(Br)c(F)cc1NC(=O)NCCCC(C)C(=O)O. The number of urea groups is 1. The maximum atomic E-state index is 13.4. The van der Waals surface area contributed by atoms with Crippen LogP contribution in [0.4, 0.5) is 14.9 Å². The van der Waals surface area contributed by atoms with Gasteiger partial charge in [-0.1, -0.05) is 6.92 Å². The largest absolute Gasteiger partial charge is 0.481 e. The first-order chi connectivity index (χ1) is 9.81. The maximum Gasteiger partial charge on any atom is 0.319 e. The Morgan fingerprint density at radius 2 is 2.10 bits per heavy atom. The van der Waals surface area contributed by atoms with Crippen LogP contribution >= 0.6 is 15.9 Å². The number of benzene rings is 1. The number of carbonyl (C=O) groups excluding carboxylic acids is 1. The molecule has 1 unspecified atom stereocenters. The van der Waals surface area contributed by atoms with E-state index < -0.39 is 23.7 Å².